The van der Waals surface area contributed by atoms with E-state index in [-0.39, 0.29) is 12.6 Å². The van der Waals surface area contributed by atoms with Crippen molar-refractivity contribution in [3.8, 4) is 0 Å². The first-order chi connectivity index (χ1) is 9.31. The normalized spacial score (nSPS) is 11.8. The number of amides is 2. The third-order valence-corrected chi connectivity index (χ3v) is 3.21. The van der Waals surface area contributed by atoms with E-state index < -0.39 is 11.9 Å². The van der Waals surface area contributed by atoms with E-state index in [1.807, 2.05) is 12.1 Å². The van der Waals surface area contributed by atoms with Gasteiger partial charge in [-0.25, -0.2) is 4.79 Å². The van der Waals surface area contributed by atoms with Gasteiger partial charge in [0.15, 0.2) is 0 Å². The Morgan fingerprint density at radius 3 is 2.25 bits per heavy atom. The molecule has 1 rings (SSSR count). The quantitative estimate of drug-likeness (QED) is 0.909. The highest BCUT2D eigenvalue weighted by Gasteiger charge is 2.19. The van der Waals surface area contributed by atoms with E-state index >= 15 is 0 Å². The van der Waals surface area contributed by atoms with E-state index in [1.54, 1.807) is 33.2 Å². The summed E-state index contributed by atoms with van der Waals surface area (Å²) in [7, 11) is 3.28. The number of hydrogen-bond acceptors (Lipinski definition) is 2. The monoisotopic (exact) mass is 298 g/mol. The first kappa shape index (κ1) is 16.3. The molecule has 20 heavy (non-hydrogen) atoms. The third-order valence-electron chi connectivity index (χ3n) is 2.96. The van der Waals surface area contributed by atoms with Crippen molar-refractivity contribution in [1.82, 2.24) is 9.80 Å². The van der Waals surface area contributed by atoms with E-state index in [0.717, 1.165) is 5.56 Å². The first-order valence-corrected chi connectivity index (χ1v) is 6.62. The van der Waals surface area contributed by atoms with Gasteiger partial charge in [-0.2, -0.15) is 0 Å². The first-order valence-electron chi connectivity index (χ1n) is 6.24. The van der Waals surface area contributed by atoms with Gasteiger partial charge in [0.25, 0.3) is 0 Å². The Hall–Kier alpha value is -1.75. The molecule has 0 aromatic heterocycles. The van der Waals surface area contributed by atoms with Crippen molar-refractivity contribution in [2.75, 3.05) is 20.6 Å². The van der Waals surface area contributed by atoms with Gasteiger partial charge in [0, 0.05) is 32.2 Å². The van der Waals surface area contributed by atoms with Gasteiger partial charge in [0.05, 0.1) is 5.92 Å². The standard InChI is InChI=1S/C14H19ClN2O3/c1-10(13(18)19)8-16(2)14(20)17(3)9-11-4-6-12(15)7-5-11/h4-7,10H,8-9H2,1-3H3,(H,18,19). The molecule has 0 aliphatic heterocycles. The average molecular weight is 299 g/mol. The Labute approximate surface area is 123 Å². The molecule has 1 aromatic rings. The summed E-state index contributed by atoms with van der Waals surface area (Å²) >= 11 is 5.80. The van der Waals surface area contributed by atoms with Gasteiger partial charge in [0.1, 0.15) is 0 Å². The molecule has 0 aliphatic carbocycles. The molecule has 0 fully saturated rings. The van der Waals surface area contributed by atoms with Crippen LogP contribution in [0.1, 0.15) is 12.5 Å². The fourth-order valence-electron chi connectivity index (χ4n) is 1.79. The van der Waals surface area contributed by atoms with Gasteiger partial charge in [-0.3, -0.25) is 4.79 Å². The largest absolute Gasteiger partial charge is 0.481 e. The fraction of sp³-hybridized carbons (Fsp3) is 0.429. The van der Waals surface area contributed by atoms with Crippen molar-refractivity contribution < 1.29 is 14.7 Å². The van der Waals surface area contributed by atoms with Crippen molar-refractivity contribution >= 4 is 23.6 Å². The van der Waals surface area contributed by atoms with Crippen LogP contribution < -0.4 is 0 Å². The molecule has 0 bridgehead atoms. The summed E-state index contributed by atoms with van der Waals surface area (Å²) in [4.78, 5) is 25.8. The minimum Gasteiger partial charge on any atom is -0.481 e. The number of hydrogen-bond donors (Lipinski definition) is 1. The Morgan fingerprint density at radius 2 is 1.75 bits per heavy atom. The molecule has 2 amide bonds. The lowest BCUT2D eigenvalue weighted by atomic mass is 10.2. The number of carboxylic acids is 1. The van der Waals surface area contributed by atoms with Crippen molar-refractivity contribution in [1.29, 1.82) is 0 Å². The maximum Gasteiger partial charge on any atom is 0.319 e. The van der Waals surface area contributed by atoms with Crippen LogP contribution in [0, 0.1) is 5.92 Å². The van der Waals surface area contributed by atoms with Crippen molar-refractivity contribution in [2.24, 2.45) is 5.92 Å². The molecule has 0 radical (unpaired) electrons. The van der Waals surface area contributed by atoms with E-state index in [2.05, 4.69) is 0 Å². The summed E-state index contributed by atoms with van der Waals surface area (Å²) in [6, 6.07) is 7.03. The number of carbonyl (C=O) groups excluding carboxylic acids is 1. The average Bonchev–Trinajstić information content (AvgIpc) is 2.40. The number of nitrogens with zero attached hydrogens (tertiary/aromatic N) is 2. The van der Waals surface area contributed by atoms with Crippen LogP contribution >= 0.6 is 11.6 Å². The predicted octanol–water partition coefficient (Wildman–Crippen LogP) is 2.54. The molecule has 1 atom stereocenters. The maximum atomic E-state index is 12.1. The second-order valence-electron chi connectivity index (χ2n) is 4.88. The van der Waals surface area contributed by atoms with Gasteiger partial charge in [-0.1, -0.05) is 30.7 Å². The molecule has 0 aliphatic rings. The van der Waals surface area contributed by atoms with Gasteiger partial charge >= 0.3 is 12.0 Å². The van der Waals surface area contributed by atoms with Crippen molar-refractivity contribution in [3.05, 3.63) is 34.9 Å². The molecule has 5 nitrogen and oxygen atoms in total. The minimum absolute atomic E-state index is 0.180. The molecule has 1 aromatic carbocycles. The lowest BCUT2D eigenvalue weighted by Crippen LogP contribution is -2.41. The Bertz CT molecular complexity index is 476. The lowest BCUT2D eigenvalue weighted by Gasteiger charge is -2.26. The van der Waals surface area contributed by atoms with Crippen molar-refractivity contribution in [2.45, 2.75) is 13.5 Å². The van der Waals surface area contributed by atoms with Crippen LogP contribution in [0.2, 0.25) is 5.02 Å². The van der Waals surface area contributed by atoms with Gasteiger partial charge in [0.2, 0.25) is 0 Å². The maximum absolute atomic E-state index is 12.1. The van der Waals surface area contributed by atoms with Gasteiger partial charge in [-0.15, -0.1) is 0 Å². The zero-order chi connectivity index (χ0) is 15.3. The topological polar surface area (TPSA) is 60.9 Å². The molecule has 1 unspecified atom stereocenters. The zero-order valence-electron chi connectivity index (χ0n) is 11.8. The van der Waals surface area contributed by atoms with Crippen LogP contribution in [0.5, 0.6) is 0 Å². The SMILES string of the molecule is CC(CN(C)C(=O)N(C)Cc1ccc(Cl)cc1)C(=O)O. The zero-order valence-corrected chi connectivity index (χ0v) is 12.6. The molecule has 0 spiro atoms. The van der Waals surface area contributed by atoms with Crippen LogP contribution in [0.3, 0.4) is 0 Å². The fourth-order valence-corrected chi connectivity index (χ4v) is 1.92. The highest BCUT2D eigenvalue weighted by molar-refractivity contribution is 6.30. The van der Waals surface area contributed by atoms with E-state index in [1.165, 1.54) is 9.80 Å². The molecule has 0 saturated heterocycles. The highest BCUT2D eigenvalue weighted by Crippen LogP contribution is 2.12. The van der Waals surface area contributed by atoms with Crippen LogP contribution in [0.25, 0.3) is 0 Å². The van der Waals surface area contributed by atoms with Gasteiger partial charge in [-0.05, 0) is 17.7 Å². The number of aliphatic carboxylic acids is 1. The highest BCUT2D eigenvalue weighted by atomic mass is 35.5. The molecule has 1 N–H and O–H groups in total. The smallest absolute Gasteiger partial charge is 0.319 e. The summed E-state index contributed by atoms with van der Waals surface area (Å²) < 4.78 is 0. The van der Waals surface area contributed by atoms with Crippen LogP contribution in [-0.4, -0.2) is 47.5 Å². The second-order valence-corrected chi connectivity index (χ2v) is 5.32. The summed E-state index contributed by atoms with van der Waals surface area (Å²) in [5.41, 5.74) is 0.963. The van der Waals surface area contributed by atoms with E-state index in [9.17, 15) is 9.59 Å². The lowest BCUT2D eigenvalue weighted by molar-refractivity contribution is -0.141. The van der Waals surface area contributed by atoms with Crippen LogP contribution in [0.4, 0.5) is 4.79 Å². The summed E-state index contributed by atoms with van der Waals surface area (Å²) in [5, 5.41) is 9.50. The minimum atomic E-state index is -0.912. The van der Waals surface area contributed by atoms with E-state index in [0.29, 0.717) is 11.6 Å². The summed E-state index contributed by atoms with van der Waals surface area (Å²) in [6.07, 6.45) is 0. The van der Waals surface area contributed by atoms with Crippen molar-refractivity contribution in [3.63, 3.8) is 0 Å². The Morgan fingerprint density at radius 1 is 1.20 bits per heavy atom. The predicted molar refractivity (Wildman–Crippen MR) is 77.7 cm³/mol. The summed E-state index contributed by atoms with van der Waals surface area (Å²) in [5.74, 6) is -1.50. The van der Waals surface area contributed by atoms with Crippen LogP contribution in [-0.2, 0) is 11.3 Å². The van der Waals surface area contributed by atoms with Crippen LogP contribution in [0.15, 0.2) is 24.3 Å². The summed E-state index contributed by atoms with van der Waals surface area (Å²) in [6.45, 7) is 2.20. The molecule has 110 valence electrons. The number of urea groups is 1. The number of halogens is 1. The second kappa shape index (κ2) is 7.14. The number of carbonyl (C=O) groups is 2. The number of carboxylic acid groups (broad SMARTS) is 1. The molecular formula is C14H19ClN2O3. The Balaban J connectivity index is 2.57. The number of benzene rings is 1. The molecule has 0 saturated carbocycles. The Kier molecular flexibility index (Phi) is 5.82. The molecule has 6 heteroatoms. The molecular weight excluding hydrogens is 280 g/mol. The van der Waals surface area contributed by atoms with Gasteiger partial charge < -0.3 is 14.9 Å². The van der Waals surface area contributed by atoms with E-state index in [4.69, 9.17) is 16.7 Å². The number of rotatable bonds is 5. The molecule has 0 heterocycles. The third kappa shape index (κ3) is 4.74.